The van der Waals surface area contributed by atoms with Crippen molar-refractivity contribution in [1.29, 1.82) is 0 Å². The number of aromatic nitrogens is 2. The zero-order valence-corrected chi connectivity index (χ0v) is 19.9. The normalized spacial score (nSPS) is 11.1. The molecule has 0 bridgehead atoms. The third kappa shape index (κ3) is 4.99. The first-order chi connectivity index (χ1) is 16.4. The summed E-state index contributed by atoms with van der Waals surface area (Å²) in [7, 11) is 1.53. The van der Waals surface area contributed by atoms with Crippen LogP contribution in [0.15, 0.2) is 75.0 Å². The van der Waals surface area contributed by atoms with E-state index in [-0.39, 0.29) is 17.7 Å². The number of rotatable bonds is 7. The summed E-state index contributed by atoms with van der Waals surface area (Å²) in [6.07, 6.45) is 1.55. The van der Waals surface area contributed by atoms with Gasteiger partial charge >= 0.3 is 5.97 Å². The number of halogens is 1. The van der Waals surface area contributed by atoms with Crippen molar-refractivity contribution < 1.29 is 19.4 Å². The summed E-state index contributed by atoms with van der Waals surface area (Å²) >= 11 is 3.38. The highest BCUT2D eigenvalue weighted by molar-refractivity contribution is 9.10. The van der Waals surface area contributed by atoms with Crippen LogP contribution in [0.5, 0.6) is 11.5 Å². The van der Waals surface area contributed by atoms with E-state index in [4.69, 9.17) is 14.6 Å². The molecule has 0 saturated heterocycles. The third-order valence-electron chi connectivity index (χ3n) is 5.08. The number of aromatic carboxylic acids is 1. The van der Waals surface area contributed by atoms with Gasteiger partial charge < -0.3 is 14.6 Å². The SMILES string of the molecule is COc1cc(C=Nn2c(C)nc3ccc(Br)cc3c2=O)ccc1OCc1ccc(C(=O)O)cc1. The van der Waals surface area contributed by atoms with Gasteiger partial charge in [0.15, 0.2) is 11.5 Å². The molecule has 0 unspecified atom stereocenters. The van der Waals surface area contributed by atoms with Gasteiger partial charge in [0.1, 0.15) is 12.4 Å². The summed E-state index contributed by atoms with van der Waals surface area (Å²) in [4.78, 5) is 28.3. The van der Waals surface area contributed by atoms with E-state index >= 15 is 0 Å². The van der Waals surface area contributed by atoms with Gasteiger partial charge in [-0.25, -0.2) is 9.78 Å². The number of ether oxygens (including phenoxy) is 2. The molecule has 1 heterocycles. The highest BCUT2D eigenvalue weighted by atomic mass is 79.9. The predicted octanol–water partition coefficient (Wildman–Crippen LogP) is 4.64. The standard InChI is InChI=1S/C25H20BrN3O5/c1-15-28-21-9-8-19(26)12-20(21)24(30)29(15)27-13-17-5-10-22(23(11-17)33-2)34-14-16-3-6-18(7-4-16)25(31)32/h3-13H,14H2,1-2H3,(H,31,32). The Labute approximate surface area is 203 Å². The third-order valence-corrected chi connectivity index (χ3v) is 5.57. The van der Waals surface area contributed by atoms with Crippen molar-refractivity contribution in [2.75, 3.05) is 7.11 Å². The number of benzene rings is 3. The minimum atomic E-state index is -0.976. The molecule has 1 N–H and O–H groups in total. The van der Waals surface area contributed by atoms with Crippen molar-refractivity contribution in [1.82, 2.24) is 9.66 Å². The largest absolute Gasteiger partial charge is 0.493 e. The molecule has 8 nitrogen and oxygen atoms in total. The van der Waals surface area contributed by atoms with Gasteiger partial charge in [-0.1, -0.05) is 28.1 Å². The lowest BCUT2D eigenvalue weighted by Crippen LogP contribution is -2.20. The summed E-state index contributed by atoms with van der Waals surface area (Å²) in [5, 5.41) is 13.8. The van der Waals surface area contributed by atoms with Crippen LogP contribution in [-0.4, -0.2) is 34.1 Å². The topological polar surface area (TPSA) is 103 Å². The van der Waals surface area contributed by atoms with Crippen LogP contribution < -0.4 is 15.0 Å². The van der Waals surface area contributed by atoms with Crippen LogP contribution in [0.4, 0.5) is 0 Å². The van der Waals surface area contributed by atoms with Crippen molar-refractivity contribution in [3.8, 4) is 11.5 Å². The summed E-state index contributed by atoms with van der Waals surface area (Å²) in [6.45, 7) is 1.97. The van der Waals surface area contributed by atoms with Gasteiger partial charge in [-0.3, -0.25) is 4.79 Å². The fourth-order valence-corrected chi connectivity index (χ4v) is 3.67. The minimum Gasteiger partial charge on any atom is -0.493 e. The first-order valence-electron chi connectivity index (χ1n) is 10.2. The van der Waals surface area contributed by atoms with Gasteiger partial charge in [-0.15, -0.1) is 0 Å². The van der Waals surface area contributed by atoms with E-state index < -0.39 is 5.97 Å². The number of fused-ring (bicyclic) bond motifs is 1. The van der Waals surface area contributed by atoms with Gasteiger partial charge in [0, 0.05) is 4.47 Å². The van der Waals surface area contributed by atoms with Gasteiger partial charge in [0.2, 0.25) is 0 Å². The van der Waals surface area contributed by atoms with Gasteiger partial charge in [-0.2, -0.15) is 9.78 Å². The Balaban J connectivity index is 1.55. The van der Waals surface area contributed by atoms with Crippen molar-refractivity contribution >= 4 is 39.0 Å². The van der Waals surface area contributed by atoms with Gasteiger partial charge in [0.05, 0.1) is 29.8 Å². The Morgan fingerprint density at radius 1 is 1.12 bits per heavy atom. The number of methoxy groups -OCH3 is 1. The van der Waals surface area contributed by atoms with Crippen LogP contribution in [0.2, 0.25) is 0 Å². The highest BCUT2D eigenvalue weighted by Gasteiger charge is 2.09. The van der Waals surface area contributed by atoms with E-state index in [2.05, 4.69) is 26.0 Å². The molecule has 0 spiro atoms. The fourth-order valence-electron chi connectivity index (χ4n) is 3.31. The molecule has 172 valence electrons. The summed E-state index contributed by atoms with van der Waals surface area (Å²) in [5.41, 5.74) is 2.09. The van der Waals surface area contributed by atoms with Crippen LogP contribution in [0.3, 0.4) is 0 Å². The maximum Gasteiger partial charge on any atom is 0.335 e. The molecule has 0 atom stereocenters. The van der Waals surface area contributed by atoms with Crippen molar-refractivity contribution in [2.24, 2.45) is 5.10 Å². The molecule has 0 radical (unpaired) electrons. The van der Waals surface area contributed by atoms with Crippen LogP contribution in [0.25, 0.3) is 10.9 Å². The van der Waals surface area contributed by atoms with Crippen molar-refractivity contribution in [3.05, 3.63) is 98.0 Å². The monoisotopic (exact) mass is 521 g/mol. The second-order valence-corrected chi connectivity index (χ2v) is 8.30. The predicted molar refractivity (Wildman–Crippen MR) is 132 cm³/mol. The molecule has 0 aliphatic heterocycles. The molecule has 34 heavy (non-hydrogen) atoms. The Bertz CT molecular complexity index is 1460. The molecule has 0 amide bonds. The lowest BCUT2D eigenvalue weighted by molar-refractivity contribution is 0.0697. The first kappa shape index (κ1) is 23.2. The average molecular weight is 522 g/mol. The molecule has 9 heteroatoms. The Morgan fingerprint density at radius 3 is 2.59 bits per heavy atom. The second-order valence-electron chi connectivity index (χ2n) is 7.38. The zero-order chi connectivity index (χ0) is 24.2. The lowest BCUT2D eigenvalue weighted by Gasteiger charge is -2.11. The summed E-state index contributed by atoms with van der Waals surface area (Å²) < 4.78 is 13.3. The van der Waals surface area contributed by atoms with Crippen LogP contribution in [0.1, 0.15) is 27.3 Å². The molecule has 0 fully saturated rings. The number of carbonyl (C=O) groups is 1. The lowest BCUT2D eigenvalue weighted by atomic mass is 10.1. The van der Waals surface area contributed by atoms with Crippen molar-refractivity contribution in [2.45, 2.75) is 13.5 Å². The number of carboxylic acids is 1. The highest BCUT2D eigenvalue weighted by Crippen LogP contribution is 2.28. The number of nitrogens with zero attached hydrogens (tertiary/aromatic N) is 3. The van der Waals surface area contributed by atoms with Crippen LogP contribution in [0, 0.1) is 6.92 Å². The van der Waals surface area contributed by atoms with E-state index in [0.29, 0.717) is 33.8 Å². The zero-order valence-electron chi connectivity index (χ0n) is 18.4. The van der Waals surface area contributed by atoms with E-state index in [1.54, 1.807) is 55.6 Å². The van der Waals surface area contributed by atoms with E-state index in [1.807, 2.05) is 6.07 Å². The number of hydrogen-bond donors (Lipinski definition) is 1. The number of aryl methyl sites for hydroxylation is 1. The molecule has 1 aromatic heterocycles. The van der Waals surface area contributed by atoms with E-state index in [9.17, 15) is 9.59 Å². The minimum absolute atomic E-state index is 0.216. The second kappa shape index (κ2) is 9.88. The van der Waals surface area contributed by atoms with Crippen molar-refractivity contribution in [3.63, 3.8) is 0 Å². The number of hydrogen-bond acceptors (Lipinski definition) is 6. The Morgan fingerprint density at radius 2 is 1.88 bits per heavy atom. The van der Waals surface area contributed by atoms with Gasteiger partial charge in [-0.05, 0) is 66.6 Å². The van der Waals surface area contributed by atoms with Gasteiger partial charge in [0.25, 0.3) is 5.56 Å². The maximum absolute atomic E-state index is 12.9. The fraction of sp³-hybridized carbons (Fsp3) is 0.120. The summed E-state index contributed by atoms with van der Waals surface area (Å²) in [5.74, 6) is 0.511. The molecular weight excluding hydrogens is 502 g/mol. The molecule has 0 saturated carbocycles. The quantitative estimate of drug-likeness (QED) is 0.355. The molecular formula is C25H20BrN3O5. The number of carboxylic acid groups (broad SMARTS) is 1. The summed E-state index contributed by atoms with van der Waals surface area (Å²) in [6, 6.07) is 17.1. The Kier molecular flexibility index (Phi) is 6.74. The Hall–Kier alpha value is -3.98. The van der Waals surface area contributed by atoms with E-state index in [1.165, 1.54) is 23.9 Å². The van der Waals surface area contributed by atoms with Crippen LogP contribution >= 0.6 is 15.9 Å². The van der Waals surface area contributed by atoms with Crippen LogP contribution in [-0.2, 0) is 6.61 Å². The molecule has 0 aliphatic carbocycles. The molecule has 4 rings (SSSR count). The average Bonchev–Trinajstić information content (AvgIpc) is 2.83. The smallest absolute Gasteiger partial charge is 0.335 e. The molecule has 3 aromatic carbocycles. The molecule has 4 aromatic rings. The van der Waals surface area contributed by atoms with E-state index in [0.717, 1.165) is 10.0 Å². The molecule has 0 aliphatic rings. The maximum atomic E-state index is 12.9. The first-order valence-corrected chi connectivity index (χ1v) is 11.0.